The lowest BCUT2D eigenvalue weighted by atomic mass is 10.0. The maximum Gasteiger partial charge on any atom is 0.252 e. The van der Waals surface area contributed by atoms with E-state index in [1.54, 1.807) is 0 Å². The zero-order valence-corrected chi connectivity index (χ0v) is 16.8. The third-order valence-corrected chi connectivity index (χ3v) is 5.77. The molecule has 1 heterocycles. The number of aromatic nitrogens is 1. The SMILES string of the molecule is CCOc1cccc2sc(=NC(=O)Cc3cccc4ccccc34)n(CC)c12. The number of hydrogen-bond donors (Lipinski definition) is 0. The Kier molecular flexibility index (Phi) is 5.26. The van der Waals surface area contributed by atoms with Crippen molar-refractivity contribution in [1.82, 2.24) is 4.57 Å². The molecule has 0 aliphatic carbocycles. The molecule has 0 fully saturated rings. The molecule has 1 aromatic heterocycles. The van der Waals surface area contributed by atoms with E-state index in [0.29, 0.717) is 6.61 Å². The van der Waals surface area contributed by atoms with Crippen LogP contribution in [0.4, 0.5) is 0 Å². The van der Waals surface area contributed by atoms with Gasteiger partial charge in [0, 0.05) is 6.54 Å². The second-order valence-corrected chi connectivity index (χ2v) is 7.49. The van der Waals surface area contributed by atoms with Crippen molar-refractivity contribution in [3.63, 3.8) is 0 Å². The minimum atomic E-state index is -0.136. The van der Waals surface area contributed by atoms with Crippen LogP contribution in [0, 0.1) is 0 Å². The number of benzene rings is 3. The summed E-state index contributed by atoms with van der Waals surface area (Å²) in [6, 6.07) is 20.2. The molecule has 0 saturated carbocycles. The minimum Gasteiger partial charge on any atom is -0.492 e. The van der Waals surface area contributed by atoms with Crippen molar-refractivity contribution in [1.29, 1.82) is 0 Å². The summed E-state index contributed by atoms with van der Waals surface area (Å²) in [5.41, 5.74) is 2.01. The van der Waals surface area contributed by atoms with E-state index in [-0.39, 0.29) is 12.3 Å². The summed E-state index contributed by atoms with van der Waals surface area (Å²) >= 11 is 1.53. The Bertz CT molecular complexity index is 1210. The van der Waals surface area contributed by atoms with Gasteiger partial charge in [-0.25, -0.2) is 0 Å². The normalized spacial score (nSPS) is 12.0. The topological polar surface area (TPSA) is 43.6 Å². The Labute approximate surface area is 167 Å². The molecule has 0 aliphatic rings. The van der Waals surface area contributed by atoms with Crippen molar-refractivity contribution in [2.75, 3.05) is 6.61 Å². The summed E-state index contributed by atoms with van der Waals surface area (Å²) in [6.45, 7) is 5.36. The number of thiazole rings is 1. The summed E-state index contributed by atoms with van der Waals surface area (Å²) in [5.74, 6) is 0.698. The van der Waals surface area contributed by atoms with E-state index >= 15 is 0 Å². The number of hydrogen-bond acceptors (Lipinski definition) is 3. The molecule has 0 saturated heterocycles. The third-order valence-electron chi connectivity index (χ3n) is 4.72. The average Bonchev–Trinajstić information content (AvgIpc) is 3.06. The fourth-order valence-corrected chi connectivity index (χ4v) is 4.63. The van der Waals surface area contributed by atoms with Crippen LogP contribution in [0.15, 0.2) is 65.7 Å². The molecular weight excluding hydrogens is 368 g/mol. The van der Waals surface area contributed by atoms with Crippen molar-refractivity contribution < 1.29 is 9.53 Å². The van der Waals surface area contributed by atoms with E-state index in [2.05, 4.69) is 34.7 Å². The highest BCUT2D eigenvalue weighted by Gasteiger charge is 2.12. The zero-order chi connectivity index (χ0) is 19.5. The predicted molar refractivity (Wildman–Crippen MR) is 115 cm³/mol. The molecule has 0 spiro atoms. The molecule has 0 bridgehead atoms. The molecule has 28 heavy (non-hydrogen) atoms. The highest BCUT2D eigenvalue weighted by Crippen LogP contribution is 2.27. The van der Waals surface area contributed by atoms with E-state index in [1.807, 2.05) is 49.4 Å². The first-order valence-corrected chi connectivity index (χ1v) is 10.3. The van der Waals surface area contributed by atoms with E-state index in [9.17, 15) is 4.79 Å². The number of amides is 1. The fourth-order valence-electron chi connectivity index (χ4n) is 3.50. The summed E-state index contributed by atoms with van der Waals surface area (Å²) in [7, 11) is 0. The highest BCUT2D eigenvalue weighted by molar-refractivity contribution is 7.16. The molecule has 5 heteroatoms. The van der Waals surface area contributed by atoms with Gasteiger partial charge < -0.3 is 9.30 Å². The maximum absolute atomic E-state index is 12.8. The van der Waals surface area contributed by atoms with Gasteiger partial charge in [-0.15, -0.1) is 0 Å². The van der Waals surface area contributed by atoms with Gasteiger partial charge in [0.2, 0.25) is 0 Å². The van der Waals surface area contributed by atoms with Crippen molar-refractivity contribution >= 4 is 38.2 Å². The van der Waals surface area contributed by atoms with Crippen molar-refractivity contribution in [3.05, 3.63) is 71.0 Å². The van der Waals surface area contributed by atoms with Crippen LogP contribution < -0.4 is 9.54 Å². The molecule has 142 valence electrons. The fraction of sp³-hybridized carbons (Fsp3) is 0.217. The lowest BCUT2D eigenvalue weighted by Crippen LogP contribution is -2.17. The number of carbonyl (C=O) groups excluding carboxylic acids is 1. The van der Waals surface area contributed by atoms with Crippen LogP contribution in [0.3, 0.4) is 0 Å². The monoisotopic (exact) mass is 390 g/mol. The van der Waals surface area contributed by atoms with Gasteiger partial charge in [0.1, 0.15) is 11.3 Å². The molecular formula is C23H22N2O2S. The Hall–Kier alpha value is -2.92. The van der Waals surface area contributed by atoms with Gasteiger partial charge in [-0.05, 0) is 42.3 Å². The standard InChI is InChI=1S/C23H22N2O2S/c1-3-25-22-19(27-4-2)13-8-14-20(22)28-23(25)24-21(26)15-17-11-7-10-16-9-5-6-12-18(16)17/h5-14H,3-4,15H2,1-2H3. The van der Waals surface area contributed by atoms with E-state index in [1.165, 1.54) is 11.3 Å². The molecule has 0 N–H and O–H groups in total. The van der Waals surface area contributed by atoms with Gasteiger partial charge >= 0.3 is 0 Å². The number of fused-ring (bicyclic) bond motifs is 2. The number of ether oxygens (including phenoxy) is 1. The van der Waals surface area contributed by atoms with Gasteiger partial charge in [0.25, 0.3) is 5.91 Å². The summed E-state index contributed by atoms with van der Waals surface area (Å²) in [5, 5.41) is 2.24. The highest BCUT2D eigenvalue weighted by atomic mass is 32.1. The van der Waals surface area contributed by atoms with Crippen molar-refractivity contribution in [2.24, 2.45) is 4.99 Å². The molecule has 1 amide bonds. The van der Waals surface area contributed by atoms with Gasteiger partial charge in [0.05, 0.1) is 17.7 Å². The number of rotatable bonds is 5. The minimum absolute atomic E-state index is 0.136. The van der Waals surface area contributed by atoms with Crippen LogP contribution in [0.5, 0.6) is 5.75 Å². The molecule has 0 unspecified atom stereocenters. The Balaban J connectivity index is 1.75. The zero-order valence-electron chi connectivity index (χ0n) is 16.0. The number of carbonyl (C=O) groups is 1. The van der Waals surface area contributed by atoms with Gasteiger partial charge in [-0.1, -0.05) is 59.9 Å². The van der Waals surface area contributed by atoms with Crippen LogP contribution in [0.25, 0.3) is 21.0 Å². The lowest BCUT2D eigenvalue weighted by Gasteiger charge is -2.07. The second-order valence-electron chi connectivity index (χ2n) is 6.49. The second kappa shape index (κ2) is 7.98. The maximum atomic E-state index is 12.8. The molecule has 4 aromatic rings. The quantitative estimate of drug-likeness (QED) is 0.484. The average molecular weight is 391 g/mol. The smallest absolute Gasteiger partial charge is 0.252 e. The summed E-state index contributed by atoms with van der Waals surface area (Å²) < 4.78 is 8.92. The van der Waals surface area contributed by atoms with Crippen molar-refractivity contribution in [3.8, 4) is 5.75 Å². The molecule has 4 nitrogen and oxygen atoms in total. The summed E-state index contributed by atoms with van der Waals surface area (Å²) in [4.78, 5) is 18.0. The molecule has 4 rings (SSSR count). The van der Waals surface area contributed by atoms with Crippen LogP contribution in [0.1, 0.15) is 19.4 Å². The van der Waals surface area contributed by atoms with Gasteiger partial charge in [0.15, 0.2) is 4.80 Å². The van der Waals surface area contributed by atoms with Crippen LogP contribution >= 0.6 is 11.3 Å². The molecule has 0 radical (unpaired) electrons. The lowest BCUT2D eigenvalue weighted by molar-refractivity contribution is -0.117. The largest absolute Gasteiger partial charge is 0.492 e. The first kappa shape index (κ1) is 18.4. The summed E-state index contributed by atoms with van der Waals surface area (Å²) in [6.07, 6.45) is 0.289. The third kappa shape index (κ3) is 3.45. The van der Waals surface area contributed by atoms with E-state index in [4.69, 9.17) is 4.74 Å². The number of aryl methyl sites for hydroxylation is 1. The van der Waals surface area contributed by atoms with Crippen LogP contribution in [-0.4, -0.2) is 17.1 Å². The molecule has 0 aliphatic heterocycles. The first-order valence-electron chi connectivity index (χ1n) is 9.50. The number of para-hydroxylation sites is 1. The van der Waals surface area contributed by atoms with Crippen LogP contribution in [-0.2, 0) is 17.8 Å². The Morgan fingerprint density at radius 1 is 1.04 bits per heavy atom. The van der Waals surface area contributed by atoms with E-state index < -0.39 is 0 Å². The Morgan fingerprint density at radius 3 is 2.64 bits per heavy atom. The predicted octanol–water partition coefficient (Wildman–Crippen LogP) is 4.94. The van der Waals surface area contributed by atoms with Crippen LogP contribution in [0.2, 0.25) is 0 Å². The van der Waals surface area contributed by atoms with Gasteiger partial charge in [-0.3, -0.25) is 4.79 Å². The number of nitrogens with zero attached hydrogens (tertiary/aromatic N) is 2. The van der Waals surface area contributed by atoms with Gasteiger partial charge in [-0.2, -0.15) is 4.99 Å². The molecule has 3 aromatic carbocycles. The molecule has 0 atom stereocenters. The van der Waals surface area contributed by atoms with E-state index in [0.717, 1.165) is 43.6 Å². The van der Waals surface area contributed by atoms with Crippen molar-refractivity contribution in [2.45, 2.75) is 26.8 Å². The first-order chi connectivity index (χ1) is 13.7. The Morgan fingerprint density at radius 2 is 1.82 bits per heavy atom.